The second-order valence-corrected chi connectivity index (χ2v) is 10.3. The minimum atomic E-state index is -5.24. The lowest BCUT2D eigenvalue weighted by molar-refractivity contribution is -0.275. The molecule has 42 heavy (non-hydrogen) atoms. The maximum atomic E-state index is 16.2. The Morgan fingerprint density at radius 2 is 1.81 bits per heavy atom. The molecule has 0 bridgehead atoms. The van der Waals surface area contributed by atoms with Crippen LogP contribution in [0.15, 0.2) is 12.1 Å². The minimum Gasteiger partial charge on any atom is -0.472 e. The van der Waals surface area contributed by atoms with Crippen molar-refractivity contribution >= 4 is 22.3 Å². The number of ether oxygens (including phenoxy) is 2. The van der Waals surface area contributed by atoms with Crippen LogP contribution >= 0.6 is 0 Å². The second-order valence-electron chi connectivity index (χ2n) is 10.3. The van der Waals surface area contributed by atoms with Crippen LogP contribution in [0.2, 0.25) is 0 Å². The number of hydrogen-bond donors (Lipinski definition) is 3. The lowest BCUT2D eigenvalue weighted by Gasteiger charge is -2.27. The van der Waals surface area contributed by atoms with Gasteiger partial charge in [-0.25, -0.2) is 18.7 Å². The van der Waals surface area contributed by atoms with E-state index in [9.17, 15) is 17.6 Å². The molecule has 2 unspecified atom stereocenters. The smallest absolute Gasteiger partial charge is 0.472 e. The van der Waals surface area contributed by atoms with E-state index < -0.39 is 41.1 Å². The highest BCUT2D eigenvalue weighted by molar-refractivity contribution is 6.01. The fourth-order valence-corrected chi connectivity index (χ4v) is 4.82. The molecule has 0 aliphatic carbocycles. The van der Waals surface area contributed by atoms with Crippen LogP contribution < -0.4 is 25.8 Å². The molecule has 0 radical (unpaired) electrons. The molecule has 1 aromatic carbocycles. The Kier molecular flexibility index (Phi) is 10.4. The van der Waals surface area contributed by atoms with Crippen LogP contribution in [0.25, 0.3) is 22.0 Å². The summed E-state index contributed by atoms with van der Waals surface area (Å²) in [5.74, 6) is -3.36. The molecule has 1 aliphatic heterocycles. The Bertz CT molecular complexity index is 1420. The second kappa shape index (κ2) is 13.2. The average molecular weight is 599 g/mol. The summed E-state index contributed by atoms with van der Waals surface area (Å²) in [6, 6.07) is 1.54. The number of nitrogen functional groups attached to an aromatic ring is 1. The molecule has 1 aliphatic rings. The van der Waals surface area contributed by atoms with E-state index in [2.05, 4.69) is 37.2 Å². The van der Waals surface area contributed by atoms with Crippen LogP contribution in [0.5, 0.6) is 11.6 Å². The number of anilines is 2. The van der Waals surface area contributed by atoms with Crippen LogP contribution in [0.4, 0.5) is 33.5 Å². The Balaban J connectivity index is 0.00000237. The van der Waals surface area contributed by atoms with Gasteiger partial charge >= 0.3 is 6.36 Å². The molecule has 4 rings (SSSR count). The number of rotatable bonds is 8. The zero-order valence-corrected chi connectivity index (χ0v) is 25.1. The van der Waals surface area contributed by atoms with Gasteiger partial charge in [0.1, 0.15) is 17.6 Å². The Hall–Kier alpha value is -3.45. The number of halogens is 5. The summed E-state index contributed by atoms with van der Waals surface area (Å²) in [6.07, 6.45) is -4.87. The van der Waals surface area contributed by atoms with Gasteiger partial charge in [0, 0.05) is 42.0 Å². The van der Waals surface area contributed by atoms with Gasteiger partial charge in [-0.15, -0.1) is 13.2 Å². The fourth-order valence-electron chi connectivity index (χ4n) is 4.82. The zero-order valence-electron chi connectivity index (χ0n) is 25.1. The van der Waals surface area contributed by atoms with Crippen LogP contribution in [-0.2, 0) is 0 Å². The first-order valence-electron chi connectivity index (χ1n) is 13.9. The summed E-state index contributed by atoms with van der Waals surface area (Å²) < 4.78 is 80.6. The number of aromatic nitrogens is 2. The van der Waals surface area contributed by atoms with E-state index in [1.807, 2.05) is 27.9 Å². The fraction of sp³-hybridized carbons (Fsp3) is 0.517. The molecule has 3 heterocycles. The van der Waals surface area contributed by atoms with Gasteiger partial charge in [0.05, 0.1) is 17.0 Å². The first kappa shape index (κ1) is 33.1. The highest BCUT2D eigenvalue weighted by Crippen LogP contribution is 2.44. The number of hydrogen-bond acceptors (Lipinski definition) is 8. The third-order valence-corrected chi connectivity index (χ3v) is 6.97. The molecular formula is C29H39F5N6O2. The van der Waals surface area contributed by atoms with E-state index in [1.54, 1.807) is 20.8 Å². The molecule has 232 valence electrons. The number of nitrogens with one attached hydrogen (secondary N) is 2. The first-order valence-corrected chi connectivity index (χ1v) is 13.9. The molecule has 4 N–H and O–H groups in total. The summed E-state index contributed by atoms with van der Waals surface area (Å²) in [4.78, 5) is 11.0. The van der Waals surface area contributed by atoms with Gasteiger partial charge in [-0.1, -0.05) is 20.8 Å². The van der Waals surface area contributed by atoms with Crippen LogP contribution in [0.1, 0.15) is 45.4 Å². The minimum absolute atomic E-state index is 0.0376. The van der Waals surface area contributed by atoms with Crippen molar-refractivity contribution in [3.05, 3.63) is 35.0 Å². The molecular weight excluding hydrogens is 559 g/mol. The Morgan fingerprint density at radius 1 is 1.14 bits per heavy atom. The largest absolute Gasteiger partial charge is 0.573 e. The molecule has 3 aromatic rings. The summed E-state index contributed by atoms with van der Waals surface area (Å²) in [5.41, 5.74) is 5.23. The Labute approximate surface area is 242 Å². The van der Waals surface area contributed by atoms with Crippen LogP contribution in [-0.4, -0.2) is 66.6 Å². The SMILES string of the molecule is CC.CCC(CN(C)C)NC[C@@H]1Nc2nc(C)c(C)c3c(F)c(-c4cc(N)cc(F)c4OC(F)(F)F)nc(c23)OC1C. The van der Waals surface area contributed by atoms with Crippen molar-refractivity contribution in [1.29, 1.82) is 0 Å². The molecule has 3 atom stereocenters. The van der Waals surface area contributed by atoms with Crippen LogP contribution in [0, 0.1) is 25.5 Å². The quantitative estimate of drug-likeness (QED) is 0.209. The van der Waals surface area contributed by atoms with Gasteiger partial charge in [0.25, 0.3) is 0 Å². The lowest BCUT2D eigenvalue weighted by Crippen LogP contribution is -2.48. The first-order chi connectivity index (χ1) is 19.7. The Morgan fingerprint density at radius 3 is 2.40 bits per heavy atom. The molecule has 0 spiro atoms. The average Bonchev–Trinajstić information content (AvgIpc) is 3.03. The van der Waals surface area contributed by atoms with Crippen molar-refractivity contribution in [1.82, 2.24) is 20.2 Å². The molecule has 13 heteroatoms. The van der Waals surface area contributed by atoms with Crippen molar-refractivity contribution < 1.29 is 31.4 Å². The van der Waals surface area contributed by atoms with Gasteiger partial charge in [-0.3, -0.25) is 0 Å². The van der Waals surface area contributed by atoms with E-state index in [0.717, 1.165) is 19.0 Å². The summed E-state index contributed by atoms with van der Waals surface area (Å²) in [6.45, 7) is 12.5. The standard InChI is InChI=1S/C27H33F5N6O2.C2H6/c1-7-16(11-38(5)6)34-10-19-14(4)39-26-21-20(12(2)13(3)35-25(21)36-19)22(29)23(37-26)17-8-15(33)9-18(28)24(17)40-27(30,31)32;1-2/h8-9,14,16,19,34H,7,10-11,33H2,1-6H3,(H,35,36);1-2H3/t14?,16?,19-;/m0./s1. The number of nitrogens with two attached hydrogens (primary N) is 1. The van der Waals surface area contributed by atoms with Crippen molar-refractivity contribution in [2.75, 3.05) is 38.2 Å². The van der Waals surface area contributed by atoms with Crippen molar-refractivity contribution in [2.24, 2.45) is 0 Å². The molecule has 2 aromatic heterocycles. The molecule has 8 nitrogen and oxygen atoms in total. The monoisotopic (exact) mass is 598 g/mol. The van der Waals surface area contributed by atoms with Gasteiger partial charge in [0.15, 0.2) is 17.4 Å². The third-order valence-electron chi connectivity index (χ3n) is 6.97. The maximum absolute atomic E-state index is 16.2. The zero-order chi connectivity index (χ0) is 31.5. The predicted molar refractivity (Wildman–Crippen MR) is 155 cm³/mol. The normalized spacial score (nSPS) is 17.2. The lowest BCUT2D eigenvalue weighted by atomic mass is 10.0. The van der Waals surface area contributed by atoms with Crippen molar-refractivity contribution in [3.8, 4) is 22.9 Å². The maximum Gasteiger partial charge on any atom is 0.573 e. The van der Waals surface area contributed by atoms with E-state index in [0.29, 0.717) is 29.7 Å². The topological polar surface area (TPSA) is 97.6 Å². The van der Waals surface area contributed by atoms with Gasteiger partial charge < -0.3 is 30.7 Å². The number of aryl methyl sites for hydroxylation is 2. The van der Waals surface area contributed by atoms with E-state index in [1.165, 1.54) is 0 Å². The number of benzene rings is 1. The molecule has 0 saturated heterocycles. The van der Waals surface area contributed by atoms with E-state index in [-0.39, 0.29) is 34.4 Å². The van der Waals surface area contributed by atoms with E-state index >= 15 is 4.39 Å². The van der Waals surface area contributed by atoms with Gasteiger partial charge in [-0.2, -0.15) is 0 Å². The van der Waals surface area contributed by atoms with Gasteiger partial charge in [0.2, 0.25) is 5.88 Å². The van der Waals surface area contributed by atoms with Crippen LogP contribution in [0.3, 0.4) is 0 Å². The number of pyridine rings is 2. The molecule has 0 fully saturated rings. The summed E-state index contributed by atoms with van der Waals surface area (Å²) in [7, 11) is 3.98. The number of nitrogens with zero attached hydrogens (tertiary/aromatic N) is 3. The van der Waals surface area contributed by atoms with E-state index in [4.69, 9.17) is 10.5 Å². The predicted octanol–water partition coefficient (Wildman–Crippen LogP) is 6.19. The third kappa shape index (κ3) is 7.12. The molecule has 0 amide bonds. The highest BCUT2D eigenvalue weighted by atomic mass is 19.4. The molecule has 0 saturated carbocycles. The number of likely N-dealkylation sites (N-methyl/N-ethyl adjacent to an activating group) is 1. The summed E-state index contributed by atoms with van der Waals surface area (Å²) >= 11 is 0. The highest BCUT2D eigenvalue weighted by Gasteiger charge is 2.36. The summed E-state index contributed by atoms with van der Waals surface area (Å²) in [5, 5.41) is 7.14. The number of alkyl halides is 3. The van der Waals surface area contributed by atoms with Crippen molar-refractivity contribution in [3.63, 3.8) is 0 Å². The van der Waals surface area contributed by atoms with Crippen molar-refractivity contribution in [2.45, 2.75) is 72.5 Å². The van der Waals surface area contributed by atoms with Gasteiger partial charge in [-0.05, 0) is 52.9 Å².